The number of imide groups is 1. The van der Waals surface area contributed by atoms with Crippen LogP contribution in [0, 0.1) is 0 Å². The van der Waals surface area contributed by atoms with Gasteiger partial charge in [-0.2, -0.15) is 0 Å². The summed E-state index contributed by atoms with van der Waals surface area (Å²) in [6.07, 6.45) is 8.64. The summed E-state index contributed by atoms with van der Waals surface area (Å²) in [5.41, 5.74) is 5.01. The molecule has 0 bridgehead atoms. The first-order valence-corrected chi connectivity index (χ1v) is 22.3. The van der Waals surface area contributed by atoms with E-state index in [0.717, 1.165) is 73.3 Å². The van der Waals surface area contributed by atoms with E-state index in [2.05, 4.69) is 43.1 Å². The van der Waals surface area contributed by atoms with E-state index in [9.17, 15) is 29.1 Å². The number of fused-ring (bicyclic) bond motifs is 2. The number of piperidine rings is 1. The normalized spacial score (nSPS) is 20.3. The Morgan fingerprint density at radius 3 is 2.43 bits per heavy atom. The van der Waals surface area contributed by atoms with Crippen LogP contribution < -0.4 is 26.2 Å². The van der Waals surface area contributed by atoms with Crippen molar-refractivity contribution in [3.8, 4) is 0 Å². The Labute approximate surface area is 362 Å². The molecule has 1 aliphatic carbocycles. The van der Waals surface area contributed by atoms with Crippen LogP contribution in [-0.4, -0.2) is 113 Å². The number of benzene rings is 2. The number of unbranched alkanes of at least 4 members (excludes halogenated alkanes) is 5. The van der Waals surface area contributed by atoms with Gasteiger partial charge in [-0.05, 0) is 61.4 Å². The molecule has 4 atom stereocenters. The van der Waals surface area contributed by atoms with Gasteiger partial charge < -0.3 is 35.8 Å². The van der Waals surface area contributed by atoms with E-state index >= 15 is 0 Å². The number of carbonyl (C=O) groups is 5. The summed E-state index contributed by atoms with van der Waals surface area (Å²) in [5, 5.41) is 23.3. The Balaban J connectivity index is 0.759. The minimum atomic E-state index is -0.626. The van der Waals surface area contributed by atoms with Crippen LogP contribution in [0.2, 0.25) is 5.02 Å². The highest BCUT2D eigenvalue weighted by Gasteiger charge is 2.40. The molecule has 3 aliphatic heterocycles. The second-order valence-electron chi connectivity index (χ2n) is 16.6. The molecule has 3 aromatic rings. The van der Waals surface area contributed by atoms with Gasteiger partial charge in [-0.15, -0.1) is 0 Å². The first-order valence-electron chi connectivity index (χ1n) is 21.9. The molecule has 1 unspecified atom stereocenters. The predicted molar refractivity (Wildman–Crippen MR) is 232 cm³/mol. The molecule has 4 aliphatic rings. The highest BCUT2D eigenvalue weighted by atomic mass is 35.5. The second-order valence-corrected chi connectivity index (χ2v) is 17.1. The van der Waals surface area contributed by atoms with Crippen molar-refractivity contribution in [1.82, 2.24) is 35.7 Å². The molecular formula is C45H58ClN9O6. The number of carbonyl (C=O) groups excluding carboxylic acids is 5. The number of halogens is 1. The summed E-state index contributed by atoms with van der Waals surface area (Å²) in [6.45, 7) is 7.06. The van der Waals surface area contributed by atoms with Crippen molar-refractivity contribution < 1.29 is 29.1 Å². The number of rotatable bonds is 19. The van der Waals surface area contributed by atoms with Crippen molar-refractivity contribution in [3.63, 3.8) is 0 Å². The molecule has 7 rings (SSSR count). The number of nitrogens with zero attached hydrogens (tertiary/aromatic N) is 5. The topological polar surface area (TPSA) is 189 Å². The fraction of sp³-hybridized carbons (Fsp3) is 0.533. The number of anilines is 2. The Hall–Kier alpha value is -5.12. The number of aromatic nitrogens is 2. The van der Waals surface area contributed by atoms with Gasteiger partial charge in [-0.25, -0.2) is 9.97 Å². The molecule has 16 heteroatoms. The lowest BCUT2D eigenvalue weighted by Gasteiger charge is -2.38. The summed E-state index contributed by atoms with van der Waals surface area (Å²) in [7, 11) is 0. The molecule has 4 heterocycles. The fourth-order valence-electron chi connectivity index (χ4n) is 9.05. The molecule has 2 fully saturated rings. The maximum Gasteiger partial charge on any atom is 0.255 e. The van der Waals surface area contributed by atoms with Crippen LogP contribution in [-0.2, 0) is 25.7 Å². The number of hydrogen-bond acceptors (Lipinski definition) is 11. The van der Waals surface area contributed by atoms with Crippen molar-refractivity contribution in [2.45, 2.75) is 102 Å². The number of piperazine rings is 1. The zero-order valence-electron chi connectivity index (χ0n) is 35.0. The summed E-state index contributed by atoms with van der Waals surface area (Å²) in [4.78, 5) is 78.3. The minimum absolute atomic E-state index is 0.0172. The van der Waals surface area contributed by atoms with Crippen molar-refractivity contribution in [1.29, 1.82) is 0 Å². The van der Waals surface area contributed by atoms with Crippen molar-refractivity contribution in [2.75, 3.05) is 62.6 Å². The Kier molecular flexibility index (Phi) is 14.9. The summed E-state index contributed by atoms with van der Waals surface area (Å²) in [5.74, 6) is -0.259. The lowest BCUT2D eigenvalue weighted by molar-refractivity contribution is -0.137. The van der Waals surface area contributed by atoms with E-state index in [1.54, 1.807) is 23.1 Å². The van der Waals surface area contributed by atoms with Crippen LogP contribution in [0.3, 0.4) is 0 Å². The van der Waals surface area contributed by atoms with Gasteiger partial charge >= 0.3 is 0 Å². The quantitative estimate of drug-likeness (QED) is 0.0849. The molecule has 5 N–H and O–H groups in total. The lowest BCUT2D eigenvalue weighted by Crippen LogP contribution is -2.52. The Morgan fingerprint density at radius 2 is 1.67 bits per heavy atom. The van der Waals surface area contributed by atoms with E-state index in [-0.39, 0.29) is 36.0 Å². The number of aliphatic hydroxyl groups excluding tert-OH is 1. The van der Waals surface area contributed by atoms with Crippen LogP contribution in [0.4, 0.5) is 11.5 Å². The van der Waals surface area contributed by atoms with Gasteiger partial charge in [-0.1, -0.05) is 62.4 Å². The second kappa shape index (κ2) is 20.6. The van der Waals surface area contributed by atoms with Crippen molar-refractivity contribution in [3.05, 3.63) is 81.8 Å². The largest absolute Gasteiger partial charge is 0.387 e. The van der Waals surface area contributed by atoms with Gasteiger partial charge in [0.25, 0.3) is 5.91 Å². The van der Waals surface area contributed by atoms with Gasteiger partial charge in [0, 0.05) is 99.1 Å². The number of amides is 5. The smallest absolute Gasteiger partial charge is 0.255 e. The highest BCUT2D eigenvalue weighted by Crippen LogP contribution is 2.43. The van der Waals surface area contributed by atoms with Gasteiger partial charge in [0.1, 0.15) is 18.2 Å². The molecule has 2 saturated heterocycles. The highest BCUT2D eigenvalue weighted by molar-refractivity contribution is 6.30. The third-order valence-corrected chi connectivity index (χ3v) is 12.7. The standard InChI is InChI=1S/C45H58ClN9O6/c1-29-25-37(56)41-40(29)42(51-28-50-41)53-21-23-54(24-22-53)44(60)33(30-11-13-31(46)14-12-30)26-47-20-17-38(57)49-19-7-5-3-2-4-6-18-48-35-10-8-9-32-34(35)27-55(45(32)61)36-15-16-39(58)52-43(36)59/h8-14,28-29,33,36-37,47-48,56H,2-7,15-27H2,1H3,(H,49,57)(H,52,58,59)/t29-,33-,36?,37-/m1/s1. The molecule has 15 nitrogen and oxygen atoms in total. The van der Waals surface area contributed by atoms with Gasteiger partial charge in [0.15, 0.2) is 0 Å². The van der Waals surface area contributed by atoms with Crippen LogP contribution in [0.15, 0.2) is 48.8 Å². The average molecular weight is 856 g/mol. The van der Waals surface area contributed by atoms with E-state index in [1.165, 1.54) is 6.33 Å². The van der Waals surface area contributed by atoms with Crippen LogP contribution in [0.1, 0.15) is 122 Å². The monoisotopic (exact) mass is 855 g/mol. The Bertz CT molecular complexity index is 2060. The maximum atomic E-state index is 14.0. The summed E-state index contributed by atoms with van der Waals surface area (Å²) >= 11 is 6.19. The zero-order chi connectivity index (χ0) is 42.9. The Morgan fingerprint density at radius 1 is 0.934 bits per heavy atom. The van der Waals surface area contributed by atoms with Crippen LogP contribution >= 0.6 is 11.6 Å². The van der Waals surface area contributed by atoms with Crippen molar-refractivity contribution in [2.24, 2.45) is 0 Å². The summed E-state index contributed by atoms with van der Waals surface area (Å²) < 4.78 is 0. The molecule has 1 aromatic heterocycles. The van der Waals surface area contributed by atoms with E-state index in [0.29, 0.717) is 87.9 Å². The van der Waals surface area contributed by atoms with Crippen molar-refractivity contribution >= 4 is 52.6 Å². The zero-order valence-corrected chi connectivity index (χ0v) is 35.7. The third-order valence-electron chi connectivity index (χ3n) is 12.4. The lowest BCUT2D eigenvalue weighted by atomic mass is 9.97. The molecule has 0 radical (unpaired) electrons. The molecule has 0 spiro atoms. The predicted octanol–water partition coefficient (Wildman–Crippen LogP) is 4.41. The van der Waals surface area contributed by atoms with Crippen LogP contribution in [0.25, 0.3) is 0 Å². The van der Waals surface area contributed by atoms with Gasteiger partial charge in [-0.3, -0.25) is 29.3 Å². The number of aliphatic hydroxyl groups is 1. The third kappa shape index (κ3) is 10.7. The summed E-state index contributed by atoms with van der Waals surface area (Å²) in [6, 6.07) is 12.4. The molecule has 2 aromatic carbocycles. The maximum absolute atomic E-state index is 14.0. The van der Waals surface area contributed by atoms with E-state index in [4.69, 9.17) is 11.6 Å². The molecular weight excluding hydrogens is 798 g/mol. The van der Waals surface area contributed by atoms with E-state index in [1.807, 2.05) is 29.2 Å². The SMILES string of the molecule is C[C@@H]1C[C@@H](O)c2ncnc(N3CCN(C(=O)[C@H](CNCCC(=O)NCCCCCCCCNc4cccc5c4CN(C4CCC(=O)NC4=O)C5=O)c4ccc(Cl)cc4)CC3)c21. The minimum Gasteiger partial charge on any atom is -0.387 e. The first-order chi connectivity index (χ1) is 29.6. The number of hydrogen-bond donors (Lipinski definition) is 5. The molecule has 5 amide bonds. The first kappa shape index (κ1) is 44.0. The number of nitrogens with one attached hydrogen (secondary N) is 4. The molecule has 326 valence electrons. The molecule has 61 heavy (non-hydrogen) atoms. The average Bonchev–Trinajstić information content (AvgIpc) is 3.75. The fourth-order valence-corrected chi connectivity index (χ4v) is 9.18. The van der Waals surface area contributed by atoms with Gasteiger partial charge in [0.05, 0.1) is 17.7 Å². The molecule has 0 saturated carbocycles. The van der Waals surface area contributed by atoms with E-state index < -0.39 is 24.0 Å². The van der Waals surface area contributed by atoms with Gasteiger partial charge in [0.2, 0.25) is 23.6 Å². The van der Waals surface area contributed by atoms with Crippen LogP contribution in [0.5, 0.6) is 0 Å².